The number of aliphatic hydroxyl groups is 1. The Kier molecular flexibility index (Phi) is 10.4. The van der Waals surface area contributed by atoms with Crippen LogP contribution in [-0.2, 0) is 24.8 Å². The fourth-order valence-electron chi connectivity index (χ4n) is 5.29. The van der Waals surface area contributed by atoms with Crippen LogP contribution in [0.2, 0.25) is 10.0 Å². The van der Waals surface area contributed by atoms with E-state index in [4.69, 9.17) is 28.2 Å². The number of aryl methyl sites for hydroxylation is 1. The van der Waals surface area contributed by atoms with Crippen LogP contribution in [0.15, 0.2) is 24.3 Å². The number of aromatic nitrogens is 2. The minimum atomic E-state index is -0.509. The zero-order valence-electron chi connectivity index (χ0n) is 25.2. The van der Waals surface area contributed by atoms with Crippen molar-refractivity contribution in [3.05, 3.63) is 56.8 Å². The average Bonchev–Trinajstić information content (AvgIpc) is 3.24. The molecule has 1 aliphatic rings. The minimum Gasteiger partial charge on any atom is -0.396 e. The summed E-state index contributed by atoms with van der Waals surface area (Å²) in [5, 5.41) is 19.8. The average molecular weight is 617 g/mol. The molecule has 0 atom stereocenters. The summed E-state index contributed by atoms with van der Waals surface area (Å²) in [4.78, 5) is 30.8. The van der Waals surface area contributed by atoms with Crippen LogP contribution >= 0.6 is 23.2 Å². The zero-order valence-corrected chi connectivity index (χ0v) is 26.8. The highest BCUT2D eigenvalue weighted by molar-refractivity contribution is 6.36. The molecular formula is C32H43Cl2N5O3. The second-order valence-electron chi connectivity index (χ2n) is 12.5. The quantitative estimate of drug-likeness (QED) is 0.202. The molecule has 1 saturated carbocycles. The maximum Gasteiger partial charge on any atom is 0.253 e. The molecule has 1 aliphatic carbocycles. The van der Waals surface area contributed by atoms with Crippen molar-refractivity contribution < 1.29 is 14.7 Å². The minimum absolute atomic E-state index is 0.0629. The van der Waals surface area contributed by atoms with Crippen molar-refractivity contribution in [3.8, 4) is 0 Å². The summed E-state index contributed by atoms with van der Waals surface area (Å²) in [6.07, 6.45) is 5.14. The maximum atomic E-state index is 13.5. The summed E-state index contributed by atoms with van der Waals surface area (Å²) in [5.74, 6) is 1.25. The molecule has 2 amide bonds. The molecule has 1 aromatic heterocycles. The molecule has 10 heteroatoms. The van der Waals surface area contributed by atoms with Gasteiger partial charge in [0, 0.05) is 55.3 Å². The number of rotatable bonds is 10. The molecule has 8 nitrogen and oxygen atoms in total. The summed E-state index contributed by atoms with van der Waals surface area (Å²) in [6, 6.07) is 7.57. The predicted octanol–water partition coefficient (Wildman–Crippen LogP) is 6.24. The van der Waals surface area contributed by atoms with E-state index in [9.17, 15) is 14.7 Å². The third kappa shape index (κ3) is 7.57. The first-order valence-electron chi connectivity index (χ1n) is 14.8. The first-order valence-corrected chi connectivity index (χ1v) is 15.5. The highest BCUT2D eigenvalue weighted by Crippen LogP contribution is 2.32. The lowest BCUT2D eigenvalue weighted by Gasteiger charge is -2.27. The van der Waals surface area contributed by atoms with Crippen molar-refractivity contribution >= 4 is 51.7 Å². The lowest BCUT2D eigenvalue weighted by atomic mass is 9.87. The Morgan fingerprint density at radius 1 is 1.12 bits per heavy atom. The number of nitrogens with one attached hydrogen (secondary N) is 3. The Labute approximate surface area is 258 Å². The van der Waals surface area contributed by atoms with Crippen LogP contribution in [0.4, 0.5) is 5.69 Å². The van der Waals surface area contributed by atoms with Crippen molar-refractivity contribution in [2.75, 3.05) is 18.5 Å². The largest absolute Gasteiger partial charge is 0.396 e. The summed E-state index contributed by atoms with van der Waals surface area (Å²) < 4.78 is 1.98. The van der Waals surface area contributed by atoms with Gasteiger partial charge in [0.05, 0.1) is 21.6 Å². The fourth-order valence-corrected chi connectivity index (χ4v) is 5.86. The molecule has 3 aromatic rings. The first kappa shape index (κ1) is 32.1. The first-order chi connectivity index (χ1) is 19.9. The van der Waals surface area contributed by atoms with Crippen molar-refractivity contribution in [1.29, 1.82) is 0 Å². The third-order valence-electron chi connectivity index (χ3n) is 8.08. The Bertz CT molecular complexity index is 1440. The molecule has 0 bridgehead atoms. The Morgan fingerprint density at radius 2 is 1.83 bits per heavy atom. The summed E-state index contributed by atoms with van der Waals surface area (Å²) in [6.45, 7) is 8.75. The number of anilines is 1. The van der Waals surface area contributed by atoms with Gasteiger partial charge < -0.3 is 25.6 Å². The SMILES string of the molecule is CC1CCC(NC(=O)c2cc3nc(Cc4c(Cl)ccc(CNC(=O)C(C)(C)C)c4Cl)n(C)c3cc2NCCCO)CC1. The highest BCUT2D eigenvalue weighted by atomic mass is 35.5. The van der Waals surface area contributed by atoms with E-state index < -0.39 is 5.41 Å². The second-order valence-corrected chi connectivity index (χ2v) is 13.3. The Balaban J connectivity index is 1.63. The zero-order chi connectivity index (χ0) is 30.6. The van der Waals surface area contributed by atoms with E-state index in [1.54, 1.807) is 6.07 Å². The van der Waals surface area contributed by atoms with Gasteiger partial charge >= 0.3 is 0 Å². The van der Waals surface area contributed by atoms with Crippen molar-refractivity contribution in [3.63, 3.8) is 0 Å². The van der Waals surface area contributed by atoms with E-state index >= 15 is 0 Å². The van der Waals surface area contributed by atoms with E-state index in [1.807, 2.05) is 50.6 Å². The van der Waals surface area contributed by atoms with Gasteiger partial charge in [0.25, 0.3) is 5.91 Å². The number of benzene rings is 2. The lowest BCUT2D eigenvalue weighted by molar-refractivity contribution is -0.128. The summed E-state index contributed by atoms with van der Waals surface area (Å²) in [5.41, 5.74) is 3.80. The molecule has 1 fully saturated rings. The molecule has 2 aromatic carbocycles. The lowest BCUT2D eigenvalue weighted by Crippen LogP contribution is -2.37. The summed E-state index contributed by atoms with van der Waals surface area (Å²) in [7, 11) is 1.93. The van der Waals surface area contributed by atoms with E-state index in [2.05, 4.69) is 22.9 Å². The van der Waals surface area contributed by atoms with E-state index in [0.29, 0.717) is 58.7 Å². The number of amides is 2. The summed E-state index contributed by atoms with van der Waals surface area (Å²) >= 11 is 13.4. The molecule has 42 heavy (non-hydrogen) atoms. The second kappa shape index (κ2) is 13.7. The van der Waals surface area contributed by atoms with Crippen LogP contribution in [0.25, 0.3) is 11.0 Å². The number of halogens is 2. The molecule has 0 radical (unpaired) electrons. The van der Waals surface area contributed by atoms with Crippen molar-refractivity contribution in [2.24, 2.45) is 18.4 Å². The molecule has 0 unspecified atom stereocenters. The normalized spacial score (nSPS) is 17.3. The van der Waals surface area contributed by atoms with E-state index in [-0.39, 0.29) is 24.5 Å². The fraction of sp³-hybridized carbons (Fsp3) is 0.531. The van der Waals surface area contributed by atoms with Gasteiger partial charge in [-0.15, -0.1) is 0 Å². The van der Waals surface area contributed by atoms with Crippen LogP contribution in [0.5, 0.6) is 0 Å². The highest BCUT2D eigenvalue weighted by Gasteiger charge is 2.24. The topological polar surface area (TPSA) is 108 Å². The number of hydrogen-bond acceptors (Lipinski definition) is 5. The number of hydrogen-bond donors (Lipinski definition) is 4. The number of imidazole rings is 1. The number of carbonyl (C=O) groups excluding carboxylic acids is 2. The van der Waals surface area contributed by atoms with Crippen molar-refractivity contribution in [2.45, 2.75) is 78.8 Å². The van der Waals surface area contributed by atoms with Crippen LogP contribution in [0, 0.1) is 11.3 Å². The van der Waals surface area contributed by atoms with Crippen LogP contribution < -0.4 is 16.0 Å². The Hall–Kier alpha value is -2.81. The van der Waals surface area contributed by atoms with E-state index in [1.165, 1.54) is 0 Å². The van der Waals surface area contributed by atoms with E-state index in [0.717, 1.165) is 48.2 Å². The van der Waals surface area contributed by atoms with Crippen LogP contribution in [-0.4, -0.2) is 45.7 Å². The van der Waals surface area contributed by atoms with Gasteiger partial charge in [-0.25, -0.2) is 4.98 Å². The Morgan fingerprint density at radius 3 is 2.50 bits per heavy atom. The molecule has 1 heterocycles. The van der Waals surface area contributed by atoms with Gasteiger partial charge in [0.2, 0.25) is 5.91 Å². The maximum absolute atomic E-state index is 13.5. The molecule has 4 rings (SSSR count). The van der Waals surface area contributed by atoms with Gasteiger partial charge in [-0.2, -0.15) is 0 Å². The standard InChI is InChI=1S/C32H43Cl2N5O3/c1-19-7-10-21(11-8-19)37-30(41)23-15-26-27(17-25(23)35-13-6-14-40)39(5)28(38-26)16-22-24(33)12-9-20(29(22)34)18-36-31(42)32(2,3)4/h9,12,15,17,19,21,35,40H,6-8,10-11,13-14,16,18H2,1-5H3,(H,36,42)(H,37,41). The molecular weight excluding hydrogens is 573 g/mol. The molecule has 0 spiro atoms. The molecule has 0 saturated heterocycles. The number of fused-ring (bicyclic) bond motifs is 1. The number of carbonyl (C=O) groups is 2. The smallest absolute Gasteiger partial charge is 0.253 e. The molecule has 4 N–H and O–H groups in total. The van der Waals surface area contributed by atoms with Gasteiger partial charge in [-0.3, -0.25) is 9.59 Å². The monoisotopic (exact) mass is 615 g/mol. The van der Waals surface area contributed by atoms with Crippen LogP contribution in [0.1, 0.15) is 87.1 Å². The van der Waals surface area contributed by atoms with Gasteiger partial charge in [-0.05, 0) is 67.3 Å². The van der Waals surface area contributed by atoms with Crippen molar-refractivity contribution in [1.82, 2.24) is 20.2 Å². The van der Waals surface area contributed by atoms with Crippen LogP contribution in [0.3, 0.4) is 0 Å². The van der Waals surface area contributed by atoms with Gasteiger partial charge in [-0.1, -0.05) is 57.0 Å². The number of aliphatic hydroxyl groups excluding tert-OH is 1. The predicted molar refractivity (Wildman–Crippen MR) is 170 cm³/mol. The molecule has 0 aliphatic heterocycles. The number of nitrogens with zero attached hydrogens (tertiary/aromatic N) is 2. The van der Waals surface area contributed by atoms with Gasteiger partial charge in [0.15, 0.2) is 0 Å². The van der Waals surface area contributed by atoms with Gasteiger partial charge in [0.1, 0.15) is 5.82 Å². The third-order valence-corrected chi connectivity index (χ3v) is 8.91. The molecule has 228 valence electrons.